The number of amides is 1. The number of nitrogens with one attached hydrogen (secondary N) is 2. The van der Waals surface area contributed by atoms with Gasteiger partial charge in [0.1, 0.15) is 5.82 Å². The Kier molecular flexibility index (Phi) is 3.54. The van der Waals surface area contributed by atoms with Gasteiger partial charge in [0.15, 0.2) is 0 Å². The number of aryl methyl sites for hydroxylation is 1. The van der Waals surface area contributed by atoms with E-state index >= 15 is 0 Å². The molecule has 1 heterocycles. The van der Waals surface area contributed by atoms with Gasteiger partial charge in [-0.1, -0.05) is 25.0 Å². The Morgan fingerprint density at radius 3 is 2.85 bits per heavy atom. The Labute approximate surface area is 118 Å². The average molecular weight is 269 g/mol. The zero-order valence-corrected chi connectivity index (χ0v) is 11.6. The summed E-state index contributed by atoms with van der Waals surface area (Å²) in [5.41, 5.74) is 2.86. The van der Waals surface area contributed by atoms with Crippen LogP contribution in [0.5, 0.6) is 0 Å². The first-order chi connectivity index (χ1) is 9.72. The molecule has 20 heavy (non-hydrogen) atoms. The van der Waals surface area contributed by atoms with Gasteiger partial charge >= 0.3 is 0 Å². The van der Waals surface area contributed by atoms with E-state index in [4.69, 9.17) is 0 Å². The summed E-state index contributed by atoms with van der Waals surface area (Å²) < 4.78 is 0. The Morgan fingerprint density at radius 1 is 1.35 bits per heavy atom. The molecule has 2 N–H and O–H groups in total. The fourth-order valence-corrected chi connectivity index (χ4v) is 2.76. The van der Waals surface area contributed by atoms with Crippen molar-refractivity contribution in [2.24, 2.45) is 5.92 Å². The van der Waals surface area contributed by atoms with Crippen LogP contribution >= 0.6 is 0 Å². The van der Waals surface area contributed by atoms with Gasteiger partial charge in [0, 0.05) is 17.2 Å². The predicted octanol–water partition coefficient (Wildman–Crippen LogP) is 3.51. The fourth-order valence-electron chi connectivity index (χ4n) is 2.76. The fraction of sp³-hybridized carbons (Fsp3) is 0.375. The van der Waals surface area contributed by atoms with E-state index in [0.717, 1.165) is 35.6 Å². The molecule has 1 fully saturated rings. The molecule has 0 radical (unpaired) electrons. The zero-order valence-electron chi connectivity index (χ0n) is 11.6. The number of carbonyl (C=O) groups excluding carboxylic acids is 1. The highest BCUT2D eigenvalue weighted by Gasteiger charge is 2.22. The number of benzene rings is 1. The van der Waals surface area contributed by atoms with E-state index in [1.807, 2.05) is 37.4 Å². The SMILES string of the molecule is Cc1ncc(-c2cccc(NC(=O)C3CCCC3)c2)[nH]1. The lowest BCUT2D eigenvalue weighted by atomic mass is 10.1. The van der Waals surface area contributed by atoms with Crippen molar-refractivity contribution >= 4 is 11.6 Å². The maximum atomic E-state index is 12.1. The van der Waals surface area contributed by atoms with Crippen molar-refractivity contribution < 1.29 is 4.79 Å². The van der Waals surface area contributed by atoms with E-state index in [1.165, 1.54) is 12.8 Å². The number of nitrogens with zero attached hydrogens (tertiary/aromatic N) is 1. The molecule has 0 aliphatic heterocycles. The molecule has 0 saturated heterocycles. The van der Waals surface area contributed by atoms with Crippen molar-refractivity contribution in [3.05, 3.63) is 36.3 Å². The second-order valence-electron chi connectivity index (χ2n) is 5.43. The first kappa shape index (κ1) is 12.9. The molecule has 1 aromatic carbocycles. The van der Waals surface area contributed by atoms with Gasteiger partial charge < -0.3 is 10.3 Å². The Bertz CT molecular complexity index is 612. The quantitative estimate of drug-likeness (QED) is 0.895. The summed E-state index contributed by atoms with van der Waals surface area (Å²) in [4.78, 5) is 19.5. The van der Waals surface area contributed by atoms with Crippen LogP contribution in [0.3, 0.4) is 0 Å². The number of H-pyrrole nitrogens is 1. The van der Waals surface area contributed by atoms with Gasteiger partial charge in [0.2, 0.25) is 5.91 Å². The van der Waals surface area contributed by atoms with E-state index in [0.29, 0.717) is 0 Å². The normalized spacial score (nSPS) is 15.4. The highest BCUT2D eigenvalue weighted by atomic mass is 16.1. The molecule has 1 aromatic heterocycles. The molecule has 0 atom stereocenters. The molecular formula is C16H19N3O. The molecule has 1 aliphatic carbocycles. The second-order valence-corrected chi connectivity index (χ2v) is 5.43. The summed E-state index contributed by atoms with van der Waals surface area (Å²) in [7, 11) is 0. The molecule has 4 nitrogen and oxygen atoms in total. The first-order valence-electron chi connectivity index (χ1n) is 7.15. The van der Waals surface area contributed by atoms with E-state index in [-0.39, 0.29) is 11.8 Å². The molecule has 4 heteroatoms. The first-order valence-corrected chi connectivity index (χ1v) is 7.15. The average Bonchev–Trinajstić information content (AvgIpc) is 3.10. The molecule has 0 unspecified atom stereocenters. The minimum Gasteiger partial charge on any atom is -0.342 e. The van der Waals surface area contributed by atoms with Crippen LogP contribution < -0.4 is 5.32 Å². The number of imidazole rings is 1. The molecule has 0 bridgehead atoms. The highest BCUT2D eigenvalue weighted by Crippen LogP contribution is 2.27. The minimum absolute atomic E-state index is 0.153. The molecule has 1 amide bonds. The maximum Gasteiger partial charge on any atom is 0.227 e. The van der Waals surface area contributed by atoms with Gasteiger partial charge in [0.05, 0.1) is 11.9 Å². The molecule has 1 saturated carbocycles. The predicted molar refractivity (Wildman–Crippen MR) is 79.3 cm³/mol. The molecule has 3 rings (SSSR count). The summed E-state index contributed by atoms with van der Waals surface area (Å²) in [5.74, 6) is 1.23. The number of hydrogen-bond acceptors (Lipinski definition) is 2. The van der Waals surface area contributed by atoms with Crippen molar-refractivity contribution in [3.8, 4) is 11.3 Å². The number of aromatic nitrogens is 2. The molecular weight excluding hydrogens is 250 g/mol. The Balaban J connectivity index is 1.75. The van der Waals surface area contributed by atoms with E-state index < -0.39 is 0 Å². The van der Waals surface area contributed by atoms with Crippen molar-refractivity contribution in [2.75, 3.05) is 5.32 Å². The number of aromatic amines is 1. The van der Waals surface area contributed by atoms with Gasteiger partial charge in [-0.25, -0.2) is 4.98 Å². The topological polar surface area (TPSA) is 57.8 Å². The van der Waals surface area contributed by atoms with E-state index in [2.05, 4.69) is 15.3 Å². The minimum atomic E-state index is 0.153. The number of carbonyl (C=O) groups is 1. The van der Waals surface area contributed by atoms with Gasteiger partial charge in [-0.3, -0.25) is 4.79 Å². The van der Waals surface area contributed by atoms with Crippen molar-refractivity contribution in [1.29, 1.82) is 0 Å². The lowest BCUT2D eigenvalue weighted by molar-refractivity contribution is -0.119. The van der Waals surface area contributed by atoms with Gasteiger partial charge in [-0.15, -0.1) is 0 Å². The van der Waals surface area contributed by atoms with Crippen LogP contribution in [0.1, 0.15) is 31.5 Å². The largest absolute Gasteiger partial charge is 0.342 e. The van der Waals surface area contributed by atoms with Crippen molar-refractivity contribution in [3.63, 3.8) is 0 Å². The molecule has 1 aliphatic rings. The Morgan fingerprint density at radius 2 is 2.15 bits per heavy atom. The second kappa shape index (κ2) is 5.49. The third-order valence-electron chi connectivity index (χ3n) is 3.87. The highest BCUT2D eigenvalue weighted by molar-refractivity contribution is 5.93. The lowest BCUT2D eigenvalue weighted by Gasteiger charge is -2.11. The van der Waals surface area contributed by atoms with Crippen LogP contribution in [0.4, 0.5) is 5.69 Å². The summed E-state index contributed by atoms with van der Waals surface area (Å²) in [6.07, 6.45) is 6.20. The Hall–Kier alpha value is -2.10. The molecule has 104 valence electrons. The van der Waals surface area contributed by atoms with E-state index in [1.54, 1.807) is 0 Å². The van der Waals surface area contributed by atoms with Crippen molar-refractivity contribution in [2.45, 2.75) is 32.6 Å². The van der Waals surface area contributed by atoms with Crippen LogP contribution in [-0.2, 0) is 4.79 Å². The number of anilines is 1. The smallest absolute Gasteiger partial charge is 0.227 e. The van der Waals surface area contributed by atoms with Crippen LogP contribution in [0.15, 0.2) is 30.5 Å². The third kappa shape index (κ3) is 2.74. The van der Waals surface area contributed by atoms with Crippen LogP contribution in [-0.4, -0.2) is 15.9 Å². The number of rotatable bonds is 3. The monoisotopic (exact) mass is 269 g/mol. The maximum absolute atomic E-state index is 12.1. The van der Waals surface area contributed by atoms with Crippen LogP contribution in [0.2, 0.25) is 0 Å². The third-order valence-corrected chi connectivity index (χ3v) is 3.87. The summed E-state index contributed by atoms with van der Waals surface area (Å²) in [5, 5.41) is 3.03. The molecule has 0 spiro atoms. The molecule has 2 aromatic rings. The number of hydrogen-bond donors (Lipinski definition) is 2. The van der Waals surface area contributed by atoms with Gasteiger partial charge in [0.25, 0.3) is 0 Å². The zero-order chi connectivity index (χ0) is 13.9. The van der Waals surface area contributed by atoms with Gasteiger partial charge in [-0.05, 0) is 31.9 Å². The van der Waals surface area contributed by atoms with Crippen LogP contribution in [0, 0.1) is 12.8 Å². The summed E-state index contributed by atoms with van der Waals surface area (Å²) in [6, 6.07) is 7.88. The lowest BCUT2D eigenvalue weighted by Crippen LogP contribution is -2.20. The summed E-state index contributed by atoms with van der Waals surface area (Å²) in [6.45, 7) is 1.93. The van der Waals surface area contributed by atoms with Crippen molar-refractivity contribution in [1.82, 2.24) is 9.97 Å². The summed E-state index contributed by atoms with van der Waals surface area (Å²) >= 11 is 0. The van der Waals surface area contributed by atoms with Gasteiger partial charge in [-0.2, -0.15) is 0 Å². The standard InChI is InChI=1S/C16H19N3O/c1-11-17-10-15(18-11)13-7-4-8-14(9-13)19-16(20)12-5-2-3-6-12/h4,7-10,12H,2-3,5-6H2,1H3,(H,17,18)(H,19,20). The van der Waals surface area contributed by atoms with E-state index in [9.17, 15) is 4.79 Å². The van der Waals surface area contributed by atoms with Crippen LogP contribution in [0.25, 0.3) is 11.3 Å².